The molecule has 0 radical (unpaired) electrons. The first-order valence-electron chi connectivity index (χ1n) is 4.56. The largest absolute Gasteiger partial charge is 0.381 e. The molecule has 0 saturated carbocycles. The molecule has 0 spiro atoms. The van der Waals surface area contributed by atoms with Gasteiger partial charge in [-0.3, -0.25) is 9.36 Å². The lowest BCUT2D eigenvalue weighted by Crippen LogP contribution is -2.01. The number of hydrogen-bond acceptors (Lipinski definition) is 4. The van der Waals surface area contributed by atoms with Crippen LogP contribution in [0, 0.1) is 0 Å². The minimum Gasteiger partial charge on any atom is -0.381 e. The predicted molar refractivity (Wildman–Crippen MR) is 59.1 cm³/mol. The van der Waals surface area contributed by atoms with Crippen LogP contribution in [0.25, 0.3) is 0 Å². The molecule has 2 N–H and O–H groups in total. The summed E-state index contributed by atoms with van der Waals surface area (Å²) in [4.78, 5) is 0. The number of nitrogen functional groups attached to an aromatic ring is 1. The lowest BCUT2D eigenvalue weighted by atomic mass is 10.5. The maximum absolute atomic E-state index is 5.61. The quantitative estimate of drug-likeness (QED) is 0.899. The highest BCUT2D eigenvalue weighted by molar-refractivity contribution is 9.10. The molecule has 2 heterocycles. The first-order valence-corrected chi connectivity index (χ1v) is 5.35. The lowest BCUT2D eigenvalue weighted by molar-refractivity contribution is 0.625. The Morgan fingerprint density at radius 2 is 2.20 bits per heavy atom. The van der Waals surface area contributed by atoms with Gasteiger partial charge in [0.25, 0.3) is 0 Å². The Balaban J connectivity index is 2.14. The summed E-state index contributed by atoms with van der Waals surface area (Å²) in [6.45, 7) is 3.41. The van der Waals surface area contributed by atoms with Crippen LogP contribution in [-0.4, -0.2) is 24.8 Å². The van der Waals surface area contributed by atoms with Crippen LogP contribution in [0.1, 0.15) is 12.6 Å². The van der Waals surface area contributed by atoms with Gasteiger partial charge in [-0.2, -0.15) is 5.10 Å². The van der Waals surface area contributed by atoms with Crippen molar-refractivity contribution in [3.05, 3.63) is 22.6 Å². The van der Waals surface area contributed by atoms with E-state index in [0.29, 0.717) is 12.4 Å². The summed E-state index contributed by atoms with van der Waals surface area (Å²) >= 11 is 3.30. The van der Waals surface area contributed by atoms with Crippen molar-refractivity contribution in [1.29, 1.82) is 0 Å². The molecule has 0 saturated heterocycles. The van der Waals surface area contributed by atoms with Gasteiger partial charge in [0.05, 0.1) is 17.2 Å². The van der Waals surface area contributed by atoms with Crippen molar-refractivity contribution in [2.75, 3.05) is 5.73 Å². The zero-order valence-electron chi connectivity index (χ0n) is 8.26. The molecule has 0 unspecified atom stereocenters. The first-order chi connectivity index (χ1) is 7.19. The molecule has 80 valence electrons. The van der Waals surface area contributed by atoms with Gasteiger partial charge < -0.3 is 5.73 Å². The highest BCUT2D eigenvalue weighted by Crippen LogP contribution is 2.16. The number of nitrogens with two attached hydrogens (primary N) is 1. The van der Waals surface area contributed by atoms with E-state index in [1.165, 1.54) is 0 Å². The summed E-state index contributed by atoms with van der Waals surface area (Å²) in [7, 11) is 0. The molecule has 0 bridgehead atoms. The molecule has 6 nitrogen and oxygen atoms in total. The summed E-state index contributed by atoms with van der Waals surface area (Å²) in [5, 5.41) is 12.1. The van der Waals surface area contributed by atoms with E-state index in [2.05, 4.69) is 31.3 Å². The van der Waals surface area contributed by atoms with E-state index in [4.69, 9.17) is 5.73 Å². The van der Waals surface area contributed by atoms with Gasteiger partial charge in [-0.05, 0) is 22.9 Å². The summed E-state index contributed by atoms with van der Waals surface area (Å²) < 4.78 is 4.30. The molecule has 0 aliphatic heterocycles. The van der Waals surface area contributed by atoms with Crippen LogP contribution in [0.3, 0.4) is 0 Å². The summed E-state index contributed by atoms with van der Waals surface area (Å²) in [5.74, 6) is 0.484. The molecule has 0 amide bonds. The number of anilines is 1. The summed E-state index contributed by atoms with van der Waals surface area (Å²) in [5.41, 5.74) is 6.47. The maximum atomic E-state index is 5.61. The standard InChI is InChI=1S/C8H11BrN6/c1-2-14-3-6(11-13-14)4-15-5-7(9)8(10)12-15/h3,5H,2,4H2,1H3,(H2,10,12). The smallest absolute Gasteiger partial charge is 0.159 e. The second-order valence-corrected chi connectivity index (χ2v) is 3.98. The van der Waals surface area contributed by atoms with Gasteiger partial charge in [0, 0.05) is 12.7 Å². The minimum atomic E-state index is 0.484. The Hall–Kier alpha value is -1.37. The Morgan fingerprint density at radius 3 is 2.73 bits per heavy atom. The second-order valence-electron chi connectivity index (χ2n) is 3.13. The van der Waals surface area contributed by atoms with E-state index in [-0.39, 0.29) is 0 Å². The molecule has 7 heteroatoms. The molecule has 2 aromatic heterocycles. The van der Waals surface area contributed by atoms with Crippen molar-refractivity contribution in [2.45, 2.75) is 20.0 Å². The topological polar surface area (TPSA) is 74.5 Å². The molecule has 0 aliphatic carbocycles. The van der Waals surface area contributed by atoms with Crippen LogP contribution >= 0.6 is 15.9 Å². The van der Waals surface area contributed by atoms with Crippen molar-refractivity contribution in [3.63, 3.8) is 0 Å². The number of rotatable bonds is 3. The normalized spacial score (nSPS) is 10.8. The van der Waals surface area contributed by atoms with Gasteiger partial charge in [0.15, 0.2) is 5.82 Å². The summed E-state index contributed by atoms with van der Waals surface area (Å²) in [6, 6.07) is 0. The molecular weight excluding hydrogens is 260 g/mol. The maximum Gasteiger partial charge on any atom is 0.159 e. The second kappa shape index (κ2) is 4.01. The fraction of sp³-hybridized carbons (Fsp3) is 0.375. The lowest BCUT2D eigenvalue weighted by Gasteiger charge is -1.95. The van der Waals surface area contributed by atoms with Crippen molar-refractivity contribution in [2.24, 2.45) is 0 Å². The molecule has 0 atom stereocenters. The van der Waals surface area contributed by atoms with E-state index >= 15 is 0 Å². The van der Waals surface area contributed by atoms with Crippen molar-refractivity contribution in [3.8, 4) is 0 Å². The van der Waals surface area contributed by atoms with Gasteiger partial charge in [0.1, 0.15) is 5.69 Å². The molecule has 2 rings (SSSR count). The molecule has 15 heavy (non-hydrogen) atoms. The highest BCUT2D eigenvalue weighted by atomic mass is 79.9. The van der Waals surface area contributed by atoms with Crippen molar-refractivity contribution >= 4 is 21.7 Å². The monoisotopic (exact) mass is 270 g/mol. The Bertz CT molecular complexity index is 440. The van der Waals surface area contributed by atoms with Crippen LogP contribution < -0.4 is 5.73 Å². The zero-order chi connectivity index (χ0) is 10.8. The summed E-state index contributed by atoms with van der Waals surface area (Å²) in [6.07, 6.45) is 3.71. The Kier molecular flexibility index (Phi) is 2.72. The Morgan fingerprint density at radius 1 is 1.40 bits per heavy atom. The van der Waals surface area contributed by atoms with E-state index in [9.17, 15) is 0 Å². The average Bonchev–Trinajstić information content (AvgIpc) is 2.76. The van der Waals surface area contributed by atoms with Crippen LogP contribution in [0.2, 0.25) is 0 Å². The van der Waals surface area contributed by atoms with E-state index in [1.54, 1.807) is 9.36 Å². The molecule has 0 aliphatic rings. The fourth-order valence-corrected chi connectivity index (χ4v) is 1.54. The third kappa shape index (κ3) is 2.17. The average molecular weight is 271 g/mol. The SMILES string of the molecule is CCn1cc(Cn2cc(Br)c(N)n2)nn1. The number of aryl methyl sites for hydroxylation is 1. The molecule has 2 aromatic rings. The van der Waals surface area contributed by atoms with Crippen LogP contribution in [-0.2, 0) is 13.1 Å². The van der Waals surface area contributed by atoms with E-state index < -0.39 is 0 Å². The van der Waals surface area contributed by atoms with Gasteiger partial charge in [-0.25, -0.2) is 0 Å². The third-order valence-corrected chi connectivity index (χ3v) is 2.59. The van der Waals surface area contributed by atoms with Gasteiger partial charge in [0.2, 0.25) is 0 Å². The molecular formula is C8H11BrN6. The highest BCUT2D eigenvalue weighted by Gasteiger charge is 2.05. The number of aromatic nitrogens is 5. The Labute approximate surface area is 95.2 Å². The van der Waals surface area contributed by atoms with E-state index in [0.717, 1.165) is 16.7 Å². The van der Waals surface area contributed by atoms with Crippen molar-refractivity contribution in [1.82, 2.24) is 24.8 Å². The molecule has 0 fully saturated rings. The predicted octanol–water partition coefficient (Wildman–Crippen LogP) is 0.887. The first kappa shape index (κ1) is 10.2. The van der Waals surface area contributed by atoms with Gasteiger partial charge in [-0.15, -0.1) is 5.10 Å². The molecule has 0 aromatic carbocycles. The fourth-order valence-electron chi connectivity index (χ4n) is 1.22. The third-order valence-electron chi connectivity index (χ3n) is 1.98. The number of nitrogens with zero attached hydrogens (tertiary/aromatic N) is 5. The van der Waals surface area contributed by atoms with Crippen LogP contribution in [0.5, 0.6) is 0 Å². The van der Waals surface area contributed by atoms with Gasteiger partial charge in [-0.1, -0.05) is 5.21 Å². The number of halogens is 1. The van der Waals surface area contributed by atoms with Crippen LogP contribution in [0.15, 0.2) is 16.9 Å². The van der Waals surface area contributed by atoms with E-state index in [1.807, 2.05) is 19.3 Å². The van der Waals surface area contributed by atoms with Crippen LogP contribution in [0.4, 0.5) is 5.82 Å². The van der Waals surface area contributed by atoms with Gasteiger partial charge >= 0.3 is 0 Å². The zero-order valence-corrected chi connectivity index (χ0v) is 9.85. The number of hydrogen-bond donors (Lipinski definition) is 1. The minimum absolute atomic E-state index is 0.484. The van der Waals surface area contributed by atoms with Crippen molar-refractivity contribution < 1.29 is 0 Å².